The van der Waals surface area contributed by atoms with E-state index in [9.17, 15) is 0 Å². The molecule has 2 N–H and O–H groups in total. The van der Waals surface area contributed by atoms with Gasteiger partial charge in [0, 0.05) is 12.6 Å². The quantitative estimate of drug-likeness (QED) is 0.891. The van der Waals surface area contributed by atoms with Crippen LogP contribution in [0.4, 0.5) is 0 Å². The van der Waals surface area contributed by atoms with Crippen molar-refractivity contribution in [1.29, 1.82) is 0 Å². The molecule has 1 aromatic heterocycles. The van der Waals surface area contributed by atoms with E-state index in [1.54, 1.807) is 0 Å². The van der Waals surface area contributed by atoms with Crippen molar-refractivity contribution in [3.05, 3.63) is 16.4 Å². The van der Waals surface area contributed by atoms with Gasteiger partial charge in [0.05, 0.1) is 16.4 Å². The van der Waals surface area contributed by atoms with Gasteiger partial charge in [0.1, 0.15) is 0 Å². The van der Waals surface area contributed by atoms with Crippen LogP contribution in [0.5, 0.6) is 0 Å². The van der Waals surface area contributed by atoms with Crippen LogP contribution in [-0.2, 0) is 19.4 Å². The summed E-state index contributed by atoms with van der Waals surface area (Å²) in [6.07, 6.45) is 5.52. The summed E-state index contributed by atoms with van der Waals surface area (Å²) < 4.78 is 2.08. The first kappa shape index (κ1) is 16.8. The normalized spacial score (nSPS) is 26.5. The van der Waals surface area contributed by atoms with E-state index in [0.29, 0.717) is 12.0 Å². The zero-order valence-corrected chi connectivity index (χ0v) is 14.7. The predicted octanol–water partition coefficient (Wildman–Crippen LogP) is 4.06. The zero-order chi connectivity index (χ0) is 15.6. The van der Waals surface area contributed by atoms with Gasteiger partial charge >= 0.3 is 0 Å². The van der Waals surface area contributed by atoms with E-state index in [4.69, 9.17) is 17.3 Å². The maximum atomic E-state index is 6.55. The zero-order valence-electron chi connectivity index (χ0n) is 13.9. The largest absolute Gasteiger partial charge is 0.327 e. The molecular weight excluding hydrogens is 282 g/mol. The van der Waals surface area contributed by atoms with E-state index < -0.39 is 0 Å². The third-order valence-electron chi connectivity index (χ3n) is 5.17. The third kappa shape index (κ3) is 3.62. The van der Waals surface area contributed by atoms with E-state index in [2.05, 4.69) is 37.5 Å². The van der Waals surface area contributed by atoms with Crippen LogP contribution in [0.2, 0.25) is 5.02 Å². The van der Waals surface area contributed by atoms with Crippen LogP contribution in [0, 0.1) is 17.8 Å². The van der Waals surface area contributed by atoms with Gasteiger partial charge in [0.2, 0.25) is 0 Å². The van der Waals surface area contributed by atoms with Crippen molar-refractivity contribution in [1.82, 2.24) is 9.78 Å². The standard InChI is InChI=1S/C17H30ClN3/c1-5-15-17(18)16(21(6-2)20-15)10-13-9-12(11(3)4)7-8-14(13)19/h11-14H,5-10,19H2,1-4H3. The van der Waals surface area contributed by atoms with Crippen molar-refractivity contribution < 1.29 is 0 Å². The number of nitrogens with zero attached hydrogens (tertiary/aromatic N) is 2. The molecule has 4 heteroatoms. The molecule has 0 aromatic carbocycles. The number of hydrogen-bond donors (Lipinski definition) is 1. The molecule has 1 aromatic rings. The Balaban J connectivity index is 2.18. The van der Waals surface area contributed by atoms with Crippen molar-refractivity contribution >= 4 is 11.6 Å². The number of hydrogen-bond acceptors (Lipinski definition) is 2. The van der Waals surface area contributed by atoms with Gasteiger partial charge in [-0.25, -0.2) is 0 Å². The lowest BCUT2D eigenvalue weighted by Crippen LogP contribution is -2.38. The van der Waals surface area contributed by atoms with Gasteiger partial charge in [0.25, 0.3) is 0 Å². The summed E-state index contributed by atoms with van der Waals surface area (Å²) in [5.41, 5.74) is 8.62. The van der Waals surface area contributed by atoms with Crippen LogP contribution in [0.25, 0.3) is 0 Å². The van der Waals surface area contributed by atoms with Gasteiger partial charge in [-0.3, -0.25) is 4.68 Å². The van der Waals surface area contributed by atoms with Gasteiger partial charge in [-0.1, -0.05) is 32.4 Å². The topological polar surface area (TPSA) is 43.8 Å². The van der Waals surface area contributed by atoms with Crippen molar-refractivity contribution in [2.45, 2.75) is 72.4 Å². The molecular formula is C17H30ClN3. The van der Waals surface area contributed by atoms with E-state index in [1.807, 2.05) is 0 Å². The first-order valence-corrected chi connectivity index (χ1v) is 8.85. The fraction of sp³-hybridized carbons (Fsp3) is 0.824. The molecule has 1 aliphatic rings. The summed E-state index contributed by atoms with van der Waals surface area (Å²) in [7, 11) is 0. The third-order valence-corrected chi connectivity index (χ3v) is 5.61. The summed E-state index contributed by atoms with van der Waals surface area (Å²) in [6, 6.07) is 0.307. The first-order chi connectivity index (χ1) is 9.97. The Labute approximate surface area is 134 Å². The molecule has 0 spiro atoms. The van der Waals surface area contributed by atoms with Crippen LogP contribution >= 0.6 is 11.6 Å². The molecule has 0 radical (unpaired) electrons. The van der Waals surface area contributed by atoms with E-state index in [0.717, 1.165) is 48.4 Å². The Hall–Kier alpha value is -0.540. The number of halogens is 1. The fourth-order valence-corrected chi connectivity index (χ4v) is 3.97. The maximum Gasteiger partial charge on any atom is 0.0849 e. The van der Waals surface area contributed by atoms with Gasteiger partial charge in [-0.15, -0.1) is 0 Å². The molecule has 120 valence electrons. The molecule has 0 amide bonds. The second kappa shape index (κ2) is 7.15. The Morgan fingerprint density at radius 1 is 1.33 bits per heavy atom. The smallest absolute Gasteiger partial charge is 0.0849 e. The van der Waals surface area contributed by atoms with E-state index in [1.165, 1.54) is 18.5 Å². The predicted molar refractivity (Wildman–Crippen MR) is 89.6 cm³/mol. The van der Waals surface area contributed by atoms with Crippen LogP contribution in [-0.4, -0.2) is 15.8 Å². The minimum atomic E-state index is 0.307. The van der Waals surface area contributed by atoms with Crippen LogP contribution < -0.4 is 5.73 Å². The molecule has 0 aliphatic heterocycles. The summed E-state index contributed by atoms with van der Waals surface area (Å²) >= 11 is 6.55. The molecule has 2 rings (SSSR count). The minimum Gasteiger partial charge on any atom is -0.327 e. The number of aryl methyl sites for hydroxylation is 2. The molecule has 21 heavy (non-hydrogen) atoms. The van der Waals surface area contributed by atoms with E-state index >= 15 is 0 Å². The highest BCUT2D eigenvalue weighted by molar-refractivity contribution is 6.31. The second-order valence-corrected chi connectivity index (χ2v) is 7.20. The lowest BCUT2D eigenvalue weighted by Gasteiger charge is -2.36. The van der Waals surface area contributed by atoms with Gasteiger partial charge in [0.15, 0.2) is 0 Å². The molecule has 3 atom stereocenters. The summed E-state index contributed by atoms with van der Waals surface area (Å²) in [6.45, 7) is 9.78. The van der Waals surface area contributed by atoms with Gasteiger partial charge in [-0.2, -0.15) is 5.10 Å². The number of aromatic nitrogens is 2. The van der Waals surface area contributed by atoms with Crippen molar-refractivity contribution in [2.75, 3.05) is 0 Å². The highest BCUT2D eigenvalue weighted by Gasteiger charge is 2.31. The number of nitrogens with two attached hydrogens (primary N) is 1. The van der Waals surface area contributed by atoms with Gasteiger partial charge < -0.3 is 5.73 Å². The van der Waals surface area contributed by atoms with Crippen molar-refractivity contribution in [3.8, 4) is 0 Å². The minimum absolute atomic E-state index is 0.307. The maximum absolute atomic E-state index is 6.55. The van der Waals surface area contributed by atoms with Crippen molar-refractivity contribution in [2.24, 2.45) is 23.5 Å². The molecule has 1 heterocycles. The number of rotatable bonds is 5. The summed E-state index contributed by atoms with van der Waals surface area (Å²) in [5.74, 6) is 2.09. The summed E-state index contributed by atoms with van der Waals surface area (Å²) in [5, 5.41) is 5.51. The average molecular weight is 312 g/mol. The first-order valence-electron chi connectivity index (χ1n) is 8.47. The monoisotopic (exact) mass is 311 g/mol. The Morgan fingerprint density at radius 3 is 2.62 bits per heavy atom. The molecule has 0 bridgehead atoms. The van der Waals surface area contributed by atoms with Crippen LogP contribution in [0.15, 0.2) is 0 Å². The van der Waals surface area contributed by atoms with Gasteiger partial charge in [-0.05, 0) is 56.8 Å². The molecule has 3 nitrogen and oxygen atoms in total. The molecule has 1 fully saturated rings. The van der Waals surface area contributed by atoms with Crippen LogP contribution in [0.3, 0.4) is 0 Å². The Kier molecular flexibility index (Phi) is 5.73. The Morgan fingerprint density at radius 2 is 2.05 bits per heavy atom. The Bertz CT molecular complexity index is 467. The molecule has 1 aliphatic carbocycles. The second-order valence-electron chi connectivity index (χ2n) is 6.82. The van der Waals surface area contributed by atoms with Crippen molar-refractivity contribution in [3.63, 3.8) is 0 Å². The highest BCUT2D eigenvalue weighted by Crippen LogP contribution is 2.36. The lowest BCUT2D eigenvalue weighted by molar-refractivity contribution is 0.187. The molecule has 0 saturated heterocycles. The average Bonchev–Trinajstić information content (AvgIpc) is 2.77. The highest BCUT2D eigenvalue weighted by atomic mass is 35.5. The molecule has 1 saturated carbocycles. The fourth-order valence-electron chi connectivity index (χ4n) is 3.62. The SMILES string of the molecule is CCc1nn(CC)c(CC2CC(C(C)C)CCC2N)c1Cl. The summed E-state index contributed by atoms with van der Waals surface area (Å²) in [4.78, 5) is 0. The van der Waals surface area contributed by atoms with E-state index in [-0.39, 0.29) is 0 Å². The lowest BCUT2D eigenvalue weighted by atomic mass is 9.72. The van der Waals surface area contributed by atoms with Crippen LogP contribution in [0.1, 0.15) is 58.3 Å². The molecule has 3 unspecified atom stereocenters.